The highest BCUT2D eigenvalue weighted by Crippen LogP contribution is 2.53. The second-order valence-electron chi connectivity index (χ2n) is 10.9. The van der Waals surface area contributed by atoms with Gasteiger partial charge in [0.1, 0.15) is 23.9 Å². The van der Waals surface area contributed by atoms with Crippen molar-refractivity contribution >= 4 is 23.7 Å². The molecular formula is C30H40O9. The van der Waals surface area contributed by atoms with Gasteiger partial charge in [-0.25, -0.2) is 14.4 Å². The number of carbonyl (C=O) groups excluding carboxylic acids is 4. The fraction of sp³-hybridized carbons (Fsp3) is 0.600. The van der Waals surface area contributed by atoms with E-state index in [-0.39, 0.29) is 6.42 Å². The highest BCUT2D eigenvalue weighted by atomic mass is 16.7. The molecule has 3 fully saturated rings. The lowest BCUT2D eigenvalue weighted by Crippen LogP contribution is -2.52. The van der Waals surface area contributed by atoms with Crippen LogP contribution in [0, 0.1) is 5.92 Å². The van der Waals surface area contributed by atoms with Crippen molar-refractivity contribution in [1.82, 2.24) is 0 Å². The number of hydrogen-bond acceptors (Lipinski definition) is 9. The van der Waals surface area contributed by atoms with Gasteiger partial charge in [-0.1, -0.05) is 30.4 Å². The third-order valence-corrected chi connectivity index (χ3v) is 8.19. The molecule has 3 rings (SSSR count). The Labute approximate surface area is 230 Å². The molecule has 0 aromatic heterocycles. The molecule has 0 amide bonds. The van der Waals surface area contributed by atoms with Crippen LogP contribution in [-0.4, -0.2) is 65.4 Å². The third kappa shape index (κ3) is 5.79. The Morgan fingerprint density at radius 3 is 1.82 bits per heavy atom. The van der Waals surface area contributed by atoms with Gasteiger partial charge < -0.3 is 23.7 Å². The molecule has 9 heteroatoms. The number of epoxide rings is 2. The lowest BCUT2D eigenvalue weighted by Gasteiger charge is -2.35. The second-order valence-corrected chi connectivity index (χ2v) is 10.9. The number of allylic oxidation sites excluding steroid dienone is 3. The van der Waals surface area contributed by atoms with Crippen LogP contribution in [0.3, 0.4) is 0 Å². The summed E-state index contributed by atoms with van der Waals surface area (Å²) in [7, 11) is 0. The van der Waals surface area contributed by atoms with Crippen molar-refractivity contribution in [2.24, 2.45) is 5.92 Å². The minimum atomic E-state index is -1.36. The zero-order chi connectivity index (χ0) is 29.4. The van der Waals surface area contributed by atoms with E-state index in [9.17, 15) is 19.2 Å². The van der Waals surface area contributed by atoms with E-state index < -0.39 is 71.3 Å². The van der Waals surface area contributed by atoms with Crippen LogP contribution in [0.5, 0.6) is 0 Å². The molecule has 0 aromatic carbocycles. The Balaban J connectivity index is 2.14. The van der Waals surface area contributed by atoms with Gasteiger partial charge in [0.15, 0.2) is 11.7 Å². The Morgan fingerprint density at radius 2 is 1.33 bits per heavy atom. The first kappa shape index (κ1) is 30.5. The Bertz CT molecular complexity index is 1160. The quantitative estimate of drug-likeness (QED) is 0.153. The molecular weight excluding hydrogens is 504 g/mol. The van der Waals surface area contributed by atoms with Gasteiger partial charge in [-0.3, -0.25) is 4.79 Å². The second kappa shape index (κ2) is 11.2. The zero-order valence-corrected chi connectivity index (χ0v) is 24.3. The average molecular weight is 545 g/mol. The fourth-order valence-electron chi connectivity index (χ4n) is 4.84. The van der Waals surface area contributed by atoms with Gasteiger partial charge in [-0.05, 0) is 62.3 Å². The maximum atomic E-state index is 14.0. The monoisotopic (exact) mass is 544 g/mol. The van der Waals surface area contributed by atoms with Crippen LogP contribution in [0.1, 0.15) is 68.7 Å². The Hall–Kier alpha value is -3.04. The summed E-state index contributed by atoms with van der Waals surface area (Å²) in [6.07, 6.45) is 0.378. The first-order chi connectivity index (χ1) is 18.2. The van der Waals surface area contributed by atoms with Crippen LogP contribution in [0.2, 0.25) is 0 Å². The van der Waals surface area contributed by atoms with Gasteiger partial charge in [-0.15, -0.1) is 0 Å². The number of ether oxygens (including phenoxy) is 5. The zero-order valence-electron chi connectivity index (χ0n) is 24.3. The molecule has 214 valence electrons. The molecule has 1 aliphatic carbocycles. The summed E-state index contributed by atoms with van der Waals surface area (Å²) in [6, 6.07) is 0. The highest BCUT2D eigenvalue weighted by molar-refractivity contribution is 5.98. The van der Waals surface area contributed by atoms with Crippen LogP contribution < -0.4 is 0 Å². The molecule has 3 aliphatic rings. The minimum Gasteiger partial charge on any atom is -0.456 e. The smallest absolute Gasteiger partial charge is 0.334 e. The SMILES string of the molecule is C=C(C)[C@@H]1[C@H](OC(=O)/C(C)=C\C)[C@H]2O[C@@]2(C)[C@@H](OC(=O)/C(C)=C\C)C[C@@H]2O[C@@]2(C)C(=O)[C@@H]1OC(=O)/C(C)=C\C. The average Bonchev–Trinajstić information content (AvgIpc) is 3.78. The van der Waals surface area contributed by atoms with Crippen molar-refractivity contribution < 1.29 is 42.9 Å². The first-order valence-electron chi connectivity index (χ1n) is 13.2. The van der Waals surface area contributed by atoms with Crippen molar-refractivity contribution in [2.75, 3.05) is 0 Å². The van der Waals surface area contributed by atoms with E-state index in [4.69, 9.17) is 23.7 Å². The van der Waals surface area contributed by atoms with E-state index in [1.54, 1.807) is 80.5 Å². The molecule has 1 saturated carbocycles. The maximum Gasteiger partial charge on any atom is 0.334 e. The topological polar surface area (TPSA) is 121 Å². The number of hydrogen-bond donors (Lipinski definition) is 0. The summed E-state index contributed by atoms with van der Waals surface area (Å²) >= 11 is 0. The normalized spacial score (nSPS) is 36.6. The van der Waals surface area contributed by atoms with Crippen LogP contribution in [-0.2, 0) is 42.9 Å². The fourth-order valence-corrected chi connectivity index (χ4v) is 4.84. The Morgan fingerprint density at radius 1 is 0.846 bits per heavy atom. The number of Topliss-reactive ketones (excluding diaryl/α,β-unsaturated/α-hetero) is 1. The highest BCUT2D eigenvalue weighted by Gasteiger charge is 2.72. The van der Waals surface area contributed by atoms with Gasteiger partial charge in [0.2, 0.25) is 5.78 Å². The largest absolute Gasteiger partial charge is 0.456 e. The summed E-state index contributed by atoms with van der Waals surface area (Å²) < 4.78 is 29.7. The van der Waals surface area contributed by atoms with Gasteiger partial charge in [0, 0.05) is 23.1 Å². The number of rotatable bonds is 7. The summed E-state index contributed by atoms with van der Waals surface area (Å²) in [6.45, 7) is 19.1. The molecule has 2 heterocycles. The van der Waals surface area contributed by atoms with Gasteiger partial charge in [-0.2, -0.15) is 0 Å². The van der Waals surface area contributed by atoms with E-state index in [0.29, 0.717) is 22.3 Å². The summed E-state index contributed by atoms with van der Waals surface area (Å²) in [4.78, 5) is 52.7. The molecule has 2 saturated heterocycles. The molecule has 0 spiro atoms. The molecule has 0 unspecified atom stereocenters. The Kier molecular flexibility index (Phi) is 8.77. The number of esters is 3. The molecule has 0 aromatic rings. The molecule has 2 aliphatic heterocycles. The van der Waals surface area contributed by atoms with Crippen LogP contribution in [0.4, 0.5) is 0 Å². The van der Waals surface area contributed by atoms with E-state index in [2.05, 4.69) is 6.58 Å². The third-order valence-electron chi connectivity index (χ3n) is 8.19. The van der Waals surface area contributed by atoms with Gasteiger partial charge in [0.25, 0.3) is 0 Å². The lowest BCUT2D eigenvalue weighted by atomic mass is 9.77. The van der Waals surface area contributed by atoms with Crippen molar-refractivity contribution in [2.45, 2.75) is 110 Å². The molecule has 9 nitrogen and oxygen atoms in total. The van der Waals surface area contributed by atoms with Crippen LogP contribution >= 0.6 is 0 Å². The molecule has 8 atom stereocenters. The number of fused-ring (bicyclic) bond motifs is 2. The predicted molar refractivity (Wildman–Crippen MR) is 142 cm³/mol. The van der Waals surface area contributed by atoms with Crippen LogP contribution in [0.15, 0.2) is 47.1 Å². The van der Waals surface area contributed by atoms with Gasteiger partial charge in [0.05, 0.1) is 12.0 Å². The molecule has 39 heavy (non-hydrogen) atoms. The van der Waals surface area contributed by atoms with E-state index in [1.165, 1.54) is 0 Å². The van der Waals surface area contributed by atoms with Crippen molar-refractivity contribution in [1.29, 1.82) is 0 Å². The summed E-state index contributed by atoms with van der Waals surface area (Å²) in [5.41, 5.74) is -0.837. The molecule has 0 N–H and O–H groups in total. The van der Waals surface area contributed by atoms with Gasteiger partial charge >= 0.3 is 17.9 Å². The van der Waals surface area contributed by atoms with Crippen molar-refractivity contribution in [3.8, 4) is 0 Å². The standard InChI is InChI=1S/C30H40O9/c1-11-16(6)26(32)35-19-14-20-29(9,38-20)24(31)22(36-27(33)17(7)12-2)21(15(4)5)23(25-30(19,10)39-25)37-28(34)18(8)13-3/h11-13,19-23,25H,4,14H2,1-3,5-10H3/b16-11-,17-12-,18-13-/t19-,20-,21-,22+,23-,25+,29+,30-/m0/s1. The molecule has 0 bridgehead atoms. The lowest BCUT2D eigenvalue weighted by molar-refractivity contribution is -0.164. The summed E-state index contributed by atoms with van der Waals surface area (Å²) in [5, 5.41) is 0. The van der Waals surface area contributed by atoms with Crippen molar-refractivity contribution in [3.05, 3.63) is 47.1 Å². The predicted octanol–water partition coefficient (Wildman–Crippen LogP) is 4.10. The van der Waals surface area contributed by atoms with E-state index in [0.717, 1.165) is 0 Å². The maximum absolute atomic E-state index is 14.0. The minimum absolute atomic E-state index is 0.166. The first-order valence-corrected chi connectivity index (χ1v) is 13.2. The van der Waals surface area contributed by atoms with Crippen molar-refractivity contribution in [3.63, 3.8) is 0 Å². The van der Waals surface area contributed by atoms with E-state index >= 15 is 0 Å². The summed E-state index contributed by atoms with van der Waals surface area (Å²) in [5.74, 6) is -3.26. The number of carbonyl (C=O) groups is 4. The molecule has 0 radical (unpaired) electrons. The van der Waals surface area contributed by atoms with E-state index in [1.807, 2.05) is 0 Å². The number of ketones is 1. The van der Waals surface area contributed by atoms with Crippen LogP contribution in [0.25, 0.3) is 0 Å².